The van der Waals surface area contributed by atoms with Gasteiger partial charge in [0.2, 0.25) is 0 Å². The van der Waals surface area contributed by atoms with Gasteiger partial charge in [0.05, 0.1) is 17.0 Å². The summed E-state index contributed by atoms with van der Waals surface area (Å²) in [5.74, 6) is -0.0117. The van der Waals surface area contributed by atoms with Gasteiger partial charge in [0.15, 0.2) is 0 Å². The van der Waals surface area contributed by atoms with E-state index in [2.05, 4.69) is 35.1 Å². The number of piperidine rings is 1. The molecule has 0 unspecified atom stereocenters. The van der Waals surface area contributed by atoms with Crippen LogP contribution in [-0.2, 0) is 0 Å². The molecule has 1 aromatic heterocycles. The topological polar surface area (TPSA) is 45.2 Å². The number of carbonyl (C=O) groups is 1. The molecule has 3 rings (SSSR count). The van der Waals surface area contributed by atoms with Gasteiger partial charge in [-0.3, -0.25) is 14.7 Å². The second kappa shape index (κ2) is 8.96. The summed E-state index contributed by atoms with van der Waals surface area (Å²) in [6.45, 7) is 9.23. The van der Waals surface area contributed by atoms with Crippen LogP contribution in [0.1, 0.15) is 42.7 Å². The molecule has 4 nitrogen and oxygen atoms in total. The van der Waals surface area contributed by atoms with Crippen molar-refractivity contribution in [2.24, 2.45) is 0 Å². The summed E-state index contributed by atoms with van der Waals surface area (Å²) >= 11 is 0. The van der Waals surface area contributed by atoms with Gasteiger partial charge in [-0.2, -0.15) is 0 Å². The molecule has 1 N–H and O–H groups in total. The number of nitrogens with zero attached hydrogens (tertiary/aromatic N) is 2. The number of aromatic nitrogens is 1. The molecule has 1 aliphatic rings. The molecular formula is C23H29N3O. The van der Waals surface area contributed by atoms with Crippen LogP contribution in [-0.4, -0.2) is 41.5 Å². The lowest BCUT2D eigenvalue weighted by molar-refractivity contribution is 0.0913. The number of nitrogens with one attached hydrogen (secondary N) is 1. The molecule has 0 bridgehead atoms. The van der Waals surface area contributed by atoms with E-state index >= 15 is 0 Å². The van der Waals surface area contributed by atoms with Gasteiger partial charge in [0.1, 0.15) is 0 Å². The highest BCUT2D eigenvalue weighted by Crippen LogP contribution is 2.19. The molecule has 0 aliphatic carbocycles. The third kappa shape index (κ3) is 5.27. The van der Waals surface area contributed by atoms with Gasteiger partial charge in [0, 0.05) is 31.2 Å². The first kappa shape index (κ1) is 19.3. The maximum Gasteiger partial charge on any atom is 0.253 e. The number of pyridine rings is 1. The van der Waals surface area contributed by atoms with Crippen molar-refractivity contribution in [3.63, 3.8) is 0 Å². The Labute approximate surface area is 162 Å². The lowest BCUT2D eigenvalue weighted by Gasteiger charge is -2.31. The Bertz CT molecular complexity index is 802. The van der Waals surface area contributed by atoms with Crippen molar-refractivity contribution in [3.8, 4) is 11.3 Å². The van der Waals surface area contributed by atoms with Crippen LogP contribution in [0.3, 0.4) is 0 Å². The first-order chi connectivity index (χ1) is 13.0. The lowest BCUT2D eigenvalue weighted by atomic mass is 10.0. The summed E-state index contributed by atoms with van der Waals surface area (Å²) < 4.78 is 0. The minimum atomic E-state index is -0.0117. The summed E-state index contributed by atoms with van der Waals surface area (Å²) in [4.78, 5) is 19.8. The zero-order valence-corrected chi connectivity index (χ0v) is 16.5. The second-order valence-electron chi connectivity index (χ2n) is 7.53. The summed E-state index contributed by atoms with van der Waals surface area (Å²) in [6.07, 6.45) is 4.26. The largest absolute Gasteiger partial charge is 0.349 e. The zero-order chi connectivity index (χ0) is 19.2. The SMILES string of the molecule is CC(C)=CCN1CCC(NC(=O)c2ccc(-c3ccccc3)nc2C)CC1. The minimum Gasteiger partial charge on any atom is -0.349 e. The Kier molecular flexibility index (Phi) is 6.40. The molecule has 2 aromatic rings. The van der Waals surface area contributed by atoms with Gasteiger partial charge >= 0.3 is 0 Å². The predicted octanol–water partition coefficient (Wildman–Crippen LogP) is 4.22. The molecule has 1 amide bonds. The molecule has 0 radical (unpaired) electrons. The molecule has 1 saturated heterocycles. The highest BCUT2D eigenvalue weighted by Gasteiger charge is 2.21. The van der Waals surface area contributed by atoms with E-state index in [9.17, 15) is 4.79 Å². The van der Waals surface area contributed by atoms with Gasteiger partial charge in [-0.1, -0.05) is 42.0 Å². The number of hydrogen-bond donors (Lipinski definition) is 1. The van der Waals surface area contributed by atoms with Gasteiger partial charge in [-0.05, 0) is 45.7 Å². The fourth-order valence-corrected chi connectivity index (χ4v) is 3.41. The van der Waals surface area contributed by atoms with E-state index in [-0.39, 0.29) is 11.9 Å². The number of benzene rings is 1. The van der Waals surface area contributed by atoms with Crippen LogP contribution in [0.25, 0.3) is 11.3 Å². The van der Waals surface area contributed by atoms with Crippen molar-refractivity contribution in [2.75, 3.05) is 19.6 Å². The minimum absolute atomic E-state index is 0.0117. The summed E-state index contributed by atoms with van der Waals surface area (Å²) in [7, 11) is 0. The first-order valence-corrected chi connectivity index (χ1v) is 9.72. The average molecular weight is 364 g/mol. The maximum atomic E-state index is 12.7. The molecule has 4 heteroatoms. The van der Waals surface area contributed by atoms with Crippen LogP contribution in [0.4, 0.5) is 0 Å². The predicted molar refractivity (Wildman–Crippen MR) is 111 cm³/mol. The normalized spacial score (nSPS) is 15.4. The Morgan fingerprint density at radius 1 is 1.15 bits per heavy atom. The van der Waals surface area contributed by atoms with E-state index in [1.807, 2.05) is 49.4 Å². The Morgan fingerprint density at radius 2 is 1.85 bits per heavy atom. The third-order valence-corrected chi connectivity index (χ3v) is 5.08. The second-order valence-corrected chi connectivity index (χ2v) is 7.53. The number of amides is 1. The van der Waals surface area contributed by atoms with Crippen molar-refractivity contribution in [3.05, 3.63) is 65.4 Å². The van der Waals surface area contributed by atoms with Crippen LogP contribution in [0.15, 0.2) is 54.1 Å². The summed E-state index contributed by atoms with van der Waals surface area (Å²) in [6, 6.07) is 14.1. The fraction of sp³-hybridized carbons (Fsp3) is 0.391. The molecule has 27 heavy (non-hydrogen) atoms. The molecule has 2 heterocycles. The number of allylic oxidation sites excluding steroid dienone is 1. The molecule has 0 atom stereocenters. The Balaban J connectivity index is 1.58. The monoisotopic (exact) mass is 363 g/mol. The van der Waals surface area contributed by atoms with Crippen LogP contribution >= 0.6 is 0 Å². The lowest BCUT2D eigenvalue weighted by Crippen LogP contribution is -2.44. The number of rotatable bonds is 5. The van der Waals surface area contributed by atoms with Crippen LogP contribution < -0.4 is 5.32 Å². The number of carbonyl (C=O) groups excluding carboxylic acids is 1. The molecule has 142 valence electrons. The molecule has 0 spiro atoms. The van der Waals surface area contributed by atoms with Crippen molar-refractivity contribution >= 4 is 5.91 Å². The first-order valence-electron chi connectivity index (χ1n) is 9.72. The number of hydrogen-bond acceptors (Lipinski definition) is 3. The smallest absolute Gasteiger partial charge is 0.253 e. The van der Waals surface area contributed by atoms with E-state index in [1.54, 1.807) is 0 Å². The Hall–Kier alpha value is -2.46. The average Bonchev–Trinajstić information content (AvgIpc) is 2.68. The van der Waals surface area contributed by atoms with Crippen molar-refractivity contribution < 1.29 is 4.79 Å². The zero-order valence-electron chi connectivity index (χ0n) is 16.5. The molecule has 0 saturated carbocycles. The van der Waals surface area contributed by atoms with E-state index in [4.69, 9.17) is 0 Å². The van der Waals surface area contributed by atoms with Crippen molar-refractivity contribution in [2.45, 2.75) is 39.7 Å². The molecule has 1 fully saturated rings. The standard InChI is InChI=1S/C23H29N3O/c1-17(2)11-14-26-15-12-20(13-16-26)25-23(27)21-9-10-22(24-18(21)3)19-7-5-4-6-8-19/h4-11,20H,12-16H2,1-3H3,(H,25,27). The molecule has 1 aromatic carbocycles. The highest BCUT2D eigenvalue weighted by atomic mass is 16.1. The van der Waals surface area contributed by atoms with Crippen molar-refractivity contribution in [1.82, 2.24) is 15.2 Å². The maximum absolute atomic E-state index is 12.7. The van der Waals surface area contributed by atoms with Crippen LogP contribution in [0, 0.1) is 6.92 Å². The molecular weight excluding hydrogens is 334 g/mol. The van der Waals surface area contributed by atoms with Gasteiger partial charge in [-0.25, -0.2) is 0 Å². The van der Waals surface area contributed by atoms with E-state index in [0.29, 0.717) is 5.56 Å². The molecule has 1 aliphatic heterocycles. The Morgan fingerprint density at radius 3 is 2.48 bits per heavy atom. The quantitative estimate of drug-likeness (QED) is 0.809. The van der Waals surface area contributed by atoms with Gasteiger partial charge in [-0.15, -0.1) is 0 Å². The van der Waals surface area contributed by atoms with Gasteiger partial charge < -0.3 is 5.32 Å². The summed E-state index contributed by atoms with van der Waals surface area (Å²) in [5, 5.41) is 3.20. The van der Waals surface area contributed by atoms with Crippen LogP contribution in [0.5, 0.6) is 0 Å². The van der Waals surface area contributed by atoms with Crippen LogP contribution in [0.2, 0.25) is 0 Å². The number of likely N-dealkylation sites (tertiary alicyclic amines) is 1. The van der Waals surface area contributed by atoms with E-state index in [1.165, 1.54) is 5.57 Å². The highest BCUT2D eigenvalue weighted by molar-refractivity contribution is 5.95. The number of aryl methyl sites for hydroxylation is 1. The van der Waals surface area contributed by atoms with E-state index < -0.39 is 0 Å². The van der Waals surface area contributed by atoms with Crippen molar-refractivity contribution in [1.29, 1.82) is 0 Å². The van der Waals surface area contributed by atoms with Gasteiger partial charge in [0.25, 0.3) is 5.91 Å². The van der Waals surface area contributed by atoms with E-state index in [0.717, 1.165) is 49.4 Å². The fourth-order valence-electron chi connectivity index (χ4n) is 3.41. The third-order valence-electron chi connectivity index (χ3n) is 5.08. The summed E-state index contributed by atoms with van der Waals surface area (Å²) in [5.41, 5.74) is 4.76.